The maximum Gasteiger partial charge on any atom is 0.260 e. The first-order valence-corrected chi connectivity index (χ1v) is 10.5. The largest absolute Gasteiger partial charge is 0.490 e. The molecule has 1 aliphatic heterocycles. The van der Waals surface area contributed by atoms with Gasteiger partial charge >= 0.3 is 0 Å². The molecule has 0 saturated carbocycles. The SMILES string of the molecule is CCOc1cc(C(=O)NCC(=O)NC(C)(C)C)ccc1OCC(=O)N1CCCCC1. The van der Waals surface area contributed by atoms with Crippen molar-refractivity contribution < 1.29 is 23.9 Å². The monoisotopic (exact) mass is 419 g/mol. The van der Waals surface area contributed by atoms with Crippen molar-refractivity contribution in [3.05, 3.63) is 23.8 Å². The van der Waals surface area contributed by atoms with Crippen molar-refractivity contribution in [3.8, 4) is 11.5 Å². The second-order valence-electron chi connectivity index (χ2n) is 8.31. The summed E-state index contributed by atoms with van der Waals surface area (Å²) in [6, 6.07) is 4.75. The molecule has 2 N–H and O–H groups in total. The number of amides is 3. The molecule has 2 rings (SSSR count). The predicted octanol–water partition coefficient (Wildman–Crippen LogP) is 2.12. The van der Waals surface area contributed by atoms with E-state index in [1.54, 1.807) is 18.2 Å². The minimum absolute atomic E-state index is 0.0520. The van der Waals surface area contributed by atoms with E-state index in [0.29, 0.717) is 23.7 Å². The van der Waals surface area contributed by atoms with Crippen molar-refractivity contribution in [2.75, 3.05) is 32.8 Å². The lowest BCUT2D eigenvalue weighted by atomic mass is 10.1. The van der Waals surface area contributed by atoms with Gasteiger partial charge in [-0.15, -0.1) is 0 Å². The van der Waals surface area contributed by atoms with Gasteiger partial charge in [0.25, 0.3) is 11.8 Å². The summed E-state index contributed by atoms with van der Waals surface area (Å²) in [4.78, 5) is 38.4. The zero-order valence-electron chi connectivity index (χ0n) is 18.4. The van der Waals surface area contributed by atoms with Crippen molar-refractivity contribution in [1.82, 2.24) is 15.5 Å². The molecule has 0 aliphatic carbocycles. The molecular formula is C22H33N3O5. The third-order valence-electron chi connectivity index (χ3n) is 4.49. The molecule has 0 spiro atoms. The van der Waals surface area contributed by atoms with E-state index < -0.39 is 5.91 Å². The predicted molar refractivity (Wildman–Crippen MR) is 114 cm³/mol. The Balaban J connectivity index is 1.96. The second kappa shape index (κ2) is 10.8. The van der Waals surface area contributed by atoms with Gasteiger partial charge in [-0.05, 0) is 65.2 Å². The van der Waals surface area contributed by atoms with E-state index >= 15 is 0 Å². The summed E-state index contributed by atoms with van der Waals surface area (Å²) in [5, 5.41) is 5.38. The van der Waals surface area contributed by atoms with Crippen molar-refractivity contribution in [1.29, 1.82) is 0 Å². The Labute approximate surface area is 178 Å². The maximum atomic E-state index is 12.4. The molecule has 166 valence electrons. The van der Waals surface area contributed by atoms with Crippen LogP contribution in [0.3, 0.4) is 0 Å². The lowest BCUT2D eigenvalue weighted by Gasteiger charge is -2.26. The molecule has 0 radical (unpaired) electrons. The van der Waals surface area contributed by atoms with Crippen molar-refractivity contribution in [2.24, 2.45) is 0 Å². The highest BCUT2D eigenvalue weighted by Crippen LogP contribution is 2.28. The van der Waals surface area contributed by atoms with Crippen molar-refractivity contribution in [2.45, 2.75) is 52.5 Å². The number of carbonyl (C=O) groups is 3. The van der Waals surface area contributed by atoms with Crippen LogP contribution < -0.4 is 20.1 Å². The van der Waals surface area contributed by atoms with Gasteiger partial charge in [-0.2, -0.15) is 0 Å². The Bertz CT molecular complexity index is 752. The lowest BCUT2D eigenvalue weighted by molar-refractivity contribution is -0.134. The Morgan fingerprint density at radius 2 is 1.73 bits per heavy atom. The first kappa shape index (κ1) is 23.5. The van der Waals surface area contributed by atoms with E-state index in [4.69, 9.17) is 9.47 Å². The number of ether oxygens (including phenoxy) is 2. The number of piperidine rings is 1. The van der Waals surface area contributed by atoms with Gasteiger partial charge in [0.15, 0.2) is 18.1 Å². The highest BCUT2D eigenvalue weighted by Gasteiger charge is 2.19. The Morgan fingerprint density at radius 1 is 1.03 bits per heavy atom. The molecule has 0 unspecified atom stereocenters. The summed E-state index contributed by atoms with van der Waals surface area (Å²) >= 11 is 0. The number of rotatable bonds is 8. The highest BCUT2D eigenvalue weighted by atomic mass is 16.5. The van der Waals surface area contributed by atoms with Crippen LogP contribution in [0.4, 0.5) is 0 Å². The Hall–Kier alpha value is -2.77. The normalized spacial score (nSPS) is 14.1. The maximum absolute atomic E-state index is 12.4. The van der Waals surface area contributed by atoms with Crippen LogP contribution in [0.2, 0.25) is 0 Å². The molecule has 0 atom stereocenters. The fraction of sp³-hybridized carbons (Fsp3) is 0.591. The number of nitrogens with one attached hydrogen (secondary N) is 2. The Morgan fingerprint density at radius 3 is 2.37 bits per heavy atom. The van der Waals surface area contributed by atoms with Crippen LogP contribution in [-0.4, -0.2) is 61.0 Å². The highest BCUT2D eigenvalue weighted by molar-refractivity contribution is 5.97. The average molecular weight is 420 g/mol. The van der Waals surface area contributed by atoms with Gasteiger partial charge in [-0.3, -0.25) is 14.4 Å². The van der Waals surface area contributed by atoms with Crippen LogP contribution in [0.15, 0.2) is 18.2 Å². The minimum atomic E-state index is -0.393. The van der Waals surface area contributed by atoms with Gasteiger partial charge < -0.3 is 25.0 Å². The van der Waals surface area contributed by atoms with Crippen LogP contribution in [0, 0.1) is 0 Å². The van der Waals surface area contributed by atoms with Gasteiger partial charge in [0.2, 0.25) is 5.91 Å². The third kappa shape index (κ3) is 7.57. The molecule has 1 aromatic carbocycles. The smallest absolute Gasteiger partial charge is 0.260 e. The lowest BCUT2D eigenvalue weighted by Crippen LogP contribution is -2.45. The summed E-state index contributed by atoms with van der Waals surface area (Å²) in [6.45, 7) is 9.16. The number of likely N-dealkylation sites (tertiary alicyclic amines) is 1. The molecule has 30 heavy (non-hydrogen) atoms. The molecule has 1 aromatic rings. The van der Waals surface area contributed by atoms with Gasteiger partial charge in [0, 0.05) is 24.2 Å². The standard InChI is InChI=1S/C22H33N3O5/c1-5-29-18-13-16(21(28)23-14-19(26)24-22(2,3)4)9-10-17(18)30-15-20(27)25-11-7-6-8-12-25/h9-10,13H,5-8,11-12,14-15H2,1-4H3,(H,23,28)(H,24,26). The van der Waals surface area contributed by atoms with Crippen LogP contribution in [0.25, 0.3) is 0 Å². The first-order valence-electron chi connectivity index (χ1n) is 10.5. The third-order valence-corrected chi connectivity index (χ3v) is 4.49. The van der Waals surface area contributed by atoms with E-state index in [1.807, 2.05) is 32.6 Å². The molecule has 0 aromatic heterocycles. The van der Waals surface area contributed by atoms with Crippen LogP contribution in [0.1, 0.15) is 57.3 Å². The van der Waals surface area contributed by atoms with Gasteiger partial charge in [0.05, 0.1) is 13.2 Å². The summed E-state index contributed by atoms with van der Waals surface area (Å²) in [5.74, 6) is 0.0804. The fourth-order valence-corrected chi connectivity index (χ4v) is 3.14. The number of hydrogen-bond donors (Lipinski definition) is 2. The summed E-state index contributed by atoms with van der Waals surface area (Å²) in [6.07, 6.45) is 3.20. The van der Waals surface area contributed by atoms with Gasteiger partial charge in [-0.1, -0.05) is 0 Å². The quantitative estimate of drug-likeness (QED) is 0.673. The molecule has 1 aliphatic rings. The molecule has 8 nitrogen and oxygen atoms in total. The van der Waals surface area contributed by atoms with E-state index in [9.17, 15) is 14.4 Å². The fourth-order valence-electron chi connectivity index (χ4n) is 3.14. The van der Waals surface area contributed by atoms with Gasteiger partial charge in [-0.25, -0.2) is 0 Å². The molecule has 1 fully saturated rings. The molecule has 8 heteroatoms. The molecule has 3 amide bonds. The van der Waals surface area contributed by atoms with Crippen LogP contribution in [0.5, 0.6) is 11.5 Å². The van der Waals surface area contributed by atoms with E-state index in [1.165, 1.54) is 0 Å². The van der Waals surface area contributed by atoms with Gasteiger partial charge in [0.1, 0.15) is 0 Å². The second-order valence-corrected chi connectivity index (χ2v) is 8.31. The summed E-state index contributed by atoms with van der Waals surface area (Å²) < 4.78 is 11.3. The summed E-state index contributed by atoms with van der Waals surface area (Å²) in [5.41, 5.74) is -0.0223. The van der Waals surface area contributed by atoms with E-state index in [-0.39, 0.29) is 30.5 Å². The summed E-state index contributed by atoms with van der Waals surface area (Å²) in [7, 11) is 0. The minimum Gasteiger partial charge on any atom is -0.490 e. The number of carbonyl (C=O) groups excluding carboxylic acids is 3. The zero-order valence-corrected chi connectivity index (χ0v) is 18.4. The number of benzene rings is 1. The molecule has 1 heterocycles. The zero-order chi connectivity index (χ0) is 22.1. The Kier molecular flexibility index (Phi) is 8.50. The van der Waals surface area contributed by atoms with Crippen LogP contribution >= 0.6 is 0 Å². The van der Waals surface area contributed by atoms with Crippen molar-refractivity contribution >= 4 is 17.7 Å². The van der Waals surface area contributed by atoms with E-state index in [0.717, 1.165) is 32.4 Å². The van der Waals surface area contributed by atoms with E-state index in [2.05, 4.69) is 10.6 Å². The van der Waals surface area contributed by atoms with Crippen molar-refractivity contribution in [3.63, 3.8) is 0 Å². The molecule has 0 bridgehead atoms. The number of hydrogen-bond acceptors (Lipinski definition) is 5. The average Bonchev–Trinajstić information content (AvgIpc) is 2.70. The molecule has 1 saturated heterocycles. The first-order chi connectivity index (χ1) is 14.2. The van der Waals surface area contributed by atoms with Crippen LogP contribution in [-0.2, 0) is 9.59 Å². The molecular weight excluding hydrogens is 386 g/mol. The topological polar surface area (TPSA) is 97.0 Å². The number of nitrogens with zero attached hydrogens (tertiary/aromatic N) is 1.